The van der Waals surface area contributed by atoms with Crippen LogP contribution in [0.4, 0.5) is 13.2 Å². The van der Waals surface area contributed by atoms with Gasteiger partial charge in [0.25, 0.3) is 0 Å². The van der Waals surface area contributed by atoms with Gasteiger partial charge in [-0.2, -0.15) is 18.3 Å². The van der Waals surface area contributed by atoms with E-state index in [0.29, 0.717) is 18.7 Å². The fourth-order valence-corrected chi connectivity index (χ4v) is 5.04. The Morgan fingerprint density at radius 2 is 1.90 bits per heavy atom. The Morgan fingerprint density at radius 3 is 2.66 bits per heavy atom. The number of ether oxygens (including phenoxy) is 1. The van der Waals surface area contributed by atoms with E-state index in [2.05, 4.69) is 9.82 Å². The molecule has 6 nitrogen and oxygen atoms in total. The number of benzene rings is 1. The summed E-state index contributed by atoms with van der Waals surface area (Å²) in [5.74, 6) is 0. The van der Waals surface area contributed by atoms with Gasteiger partial charge in [0.15, 0.2) is 5.69 Å². The minimum atomic E-state index is -4.57. The van der Waals surface area contributed by atoms with Crippen LogP contribution >= 0.6 is 0 Å². The first kappa shape index (κ1) is 20.4. The molecule has 0 bridgehead atoms. The van der Waals surface area contributed by atoms with E-state index in [4.69, 9.17) is 4.74 Å². The number of halogens is 3. The summed E-state index contributed by atoms with van der Waals surface area (Å²) in [5, 5.41) is 3.69. The van der Waals surface area contributed by atoms with E-state index >= 15 is 0 Å². The number of aromatic nitrogens is 2. The minimum Gasteiger partial charge on any atom is -0.376 e. The summed E-state index contributed by atoms with van der Waals surface area (Å²) in [6, 6.07) is 5.13. The summed E-state index contributed by atoms with van der Waals surface area (Å²) >= 11 is 0. The monoisotopic (exact) mass is 429 g/mol. The number of fused-ring (bicyclic) bond motifs is 2. The number of hydrogen-bond donors (Lipinski definition) is 1. The lowest BCUT2D eigenvalue weighted by Crippen LogP contribution is -2.29. The van der Waals surface area contributed by atoms with Crippen molar-refractivity contribution in [2.24, 2.45) is 0 Å². The van der Waals surface area contributed by atoms with Crippen molar-refractivity contribution in [2.45, 2.75) is 56.3 Å². The Labute approximate surface area is 167 Å². The zero-order chi connectivity index (χ0) is 20.6. The van der Waals surface area contributed by atoms with Crippen LogP contribution in [-0.4, -0.2) is 31.3 Å². The molecular weight excluding hydrogens is 407 g/mol. The van der Waals surface area contributed by atoms with Gasteiger partial charge in [-0.05, 0) is 48.9 Å². The Hall–Kier alpha value is -1.91. The van der Waals surface area contributed by atoms with Gasteiger partial charge < -0.3 is 4.74 Å². The maximum absolute atomic E-state index is 13.2. The molecule has 1 aliphatic heterocycles. The Balaban J connectivity index is 1.48. The Kier molecular flexibility index (Phi) is 5.43. The van der Waals surface area contributed by atoms with E-state index in [1.165, 1.54) is 10.2 Å². The molecule has 29 heavy (non-hydrogen) atoms. The zero-order valence-electron chi connectivity index (χ0n) is 15.8. The molecule has 158 valence electrons. The summed E-state index contributed by atoms with van der Waals surface area (Å²) in [5.41, 5.74) is 1.78. The van der Waals surface area contributed by atoms with Crippen LogP contribution in [0.3, 0.4) is 0 Å². The molecule has 0 spiro atoms. The van der Waals surface area contributed by atoms with Gasteiger partial charge in [-0.3, -0.25) is 4.68 Å². The lowest BCUT2D eigenvalue weighted by Gasteiger charge is -2.17. The van der Waals surface area contributed by atoms with Gasteiger partial charge in [0.2, 0.25) is 10.0 Å². The van der Waals surface area contributed by atoms with Crippen molar-refractivity contribution in [3.05, 3.63) is 46.3 Å². The molecule has 0 fully saturated rings. The second kappa shape index (κ2) is 7.73. The number of aryl methyl sites for hydroxylation is 2. The summed E-state index contributed by atoms with van der Waals surface area (Å²) in [4.78, 5) is 0.185. The van der Waals surface area contributed by atoms with E-state index in [1.807, 2.05) is 6.07 Å². The molecule has 0 atom stereocenters. The van der Waals surface area contributed by atoms with Crippen LogP contribution in [0, 0.1) is 0 Å². The molecule has 2 aliphatic rings. The van der Waals surface area contributed by atoms with Gasteiger partial charge in [-0.1, -0.05) is 6.07 Å². The van der Waals surface area contributed by atoms with Gasteiger partial charge in [-0.15, -0.1) is 0 Å². The molecular formula is C19H22F3N3O3S. The molecule has 0 saturated carbocycles. The summed E-state index contributed by atoms with van der Waals surface area (Å²) in [6.45, 7) is 0.149. The van der Waals surface area contributed by atoms with Gasteiger partial charge in [0.1, 0.15) is 0 Å². The van der Waals surface area contributed by atoms with Crippen molar-refractivity contribution in [2.75, 3.05) is 13.2 Å². The highest BCUT2D eigenvalue weighted by Gasteiger charge is 2.39. The largest absolute Gasteiger partial charge is 0.435 e. The molecule has 2 heterocycles. The fourth-order valence-electron chi connectivity index (χ4n) is 3.97. The molecule has 2 aromatic rings. The van der Waals surface area contributed by atoms with Crippen LogP contribution in [0.25, 0.3) is 0 Å². The van der Waals surface area contributed by atoms with Gasteiger partial charge in [0.05, 0.1) is 24.7 Å². The van der Waals surface area contributed by atoms with Crippen LogP contribution in [0.1, 0.15) is 40.9 Å². The number of sulfonamides is 1. The Morgan fingerprint density at radius 1 is 1.14 bits per heavy atom. The second-order valence-corrected chi connectivity index (χ2v) is 9.10. The SMILES string of the molecule is O=S(=O)(NCCn1nc(C(F)(F)F)c2c1CCOC2)c1ccc2c(c1)CCCC2. The van der Waals surface area contributed by atoms with E-state index in [-0.39, 0.29) is 30.2 Å². The molecule has 0 amide bonds. The van der Waals surface area contributed by atoms with Crippen molar-refractivity contribution >= 4 is 10.0 Å². The summed E-state index contributed by atoms with van der Waals surface area (Å²) < 4.78 is 73.8. The number of alkyl halides is 3. The van der Waals surface area contributed by atoms with E-state index in [0.717, 1.165) is 31.2 Å². The van der Waals surface area contributed by atoms with E-state index < -0.39 is 21.9 Å². The van der Waals surface area contributed by atoms with Crippen LogP contribution in [-0.2, 0) is 53.4 Å². The van der Waals surface area contributed by atoms with Crippen molar-refractivity contribution in [1.82, 2.24) is 14.5 Å². The number of nitrogens with one attached hydrogen (secondary N) is 1. The predicted octanol–water partition coefficient (Wildman–Crippen LogP) is 2.83. The van der Waals surface area contributed by atoms with Crippen molar-refractivity contribution in [1.29, 1.82) is 0 Å². The maximum Gasteiger partial charge on any atom is 0.435 e. The average Bonchev–Trinajstić information content (AvgIpc) is 3.07. The number of rotatable bonds is 5. The molecule has 1 aromatic carbocycles. The zero-order valence-corrected chi connectivity index (χ0v) is 16.6. The smallest absolute Gasteiger partial charge is 0.376 e. The van der Waals surface area contributed by atoms with E-state index in [1.54, 1.807) is 12.1 Å². The third-order valence-electron chi connectivity index (χ3n) is 5.41. The highest BCUT2D eigenvalue weighted by molar-refractivity contribution is 7.89. The lowest BCUT2D eigenvalue weighted by atomic mass is 9.92. The molecule has 1 aromatic heterocycles. The molecule has 0 saturated heterocycles. The Bertz CT molecular complexity index is 1020. The van der Waals surface area contributed by atoms with Crippen LogP contribution in [0.2, 0.25) is 0 Å². The third-order valence-corrected chi connectivity index (χ3v) is 6.87. The van der Waals surface area contributed by atoms with Gasteiger partial charge >= 0.3 is 6.18 Å². The lowest BCUT2D eigenvalue weighted by molar-refractivity contribution is -0.142. The van der Waals surface area contributed by atoms with E-state index in [9.17, 15) is 21.6 Å². The number of hydrogen-bond acceptors (Lipinski definition) is 4. The molecule has 0 radical (unpaired) electrons. The topological polar surface area (TPSA) is 73.2 Å². The first-order valence-corrected chi connectivity index (χ1v) is 11.1. The van der Waals surface area contributed by atoms with Gasteiger partial charge in [-0.25, -0.2) is 13.1 Å². The number of nitrogens with zero attached hydrogens (tertiary/aromatic N) is 2. The molecule has 1 N–H and O–H groups in total. The third kappa shape index (κ3) is 4.19. The van der Waals surface area contributed by atoms with Crippen LogP contribution in [0.5, 0.6) is 0 Å². The quantitative estimate of drug-likeness (QED) is 0.793. The first-order valence-electron chi connectivity index (χ1n) is 9.61. The average molecular weight is 429 g/mol. The molecule has 10 heteroatoms. The van der Waals surface area contributed by atoms with Crippen LogP contribution in [0.15, 0.2) is 23.1 Å². The van der Waals surface area contributed by atoms with Crippen LogP contribution < -0.4 is 4.72 Å². The first-order chi connectivity index (χ1) is 13.8. The van der Waals surface area contributed by atoms with Gasteiger partial charge in [0, 0.05) is 24.2 Å². The van der Waals surface area contributed by atoms with Crippen molar-refractivity contribution < 1.29 is 26.3 Å². The van der Waals surface area contributed by atoms with Crippen molar-refractivity contribution in [3.63, 3.8) is 0 Å². The maximum atomic E-state index is 13.2. The minimum absolute atomic E-state index is 0.0165. The fraction of sp³-hybridized carbons (Fsp3) is 0.526. The molecule has 0 unspecified atom stereocenters. The second-order valence-electron chi connectivity index (χ2n) is 7.33. The molecule has 1 aliphatic carbocycles. The molecule has 4 rings (SSSR count). The normalized spacial score (nSPS) is 17.1. The van der Waals surface area contributed by atoms with Crippen molar-refractivity contribution in [3.8, 4) is 0 Å². The highest BCUT2D eigenvalue weighted by atomic mass is 32.2. The predicted molar refractivity (Wildman–Crippen MR) is 98.9 cm³/mol. The standard InChI is InChI=1S/C19H22F3N3O3S/c20-19(21,22)18-16-12-28-10-7-17(16)25(24-18)9-8-23-29(26,27)15-6-5-13-3-1-2-4-14(13)11-15/h5-6,11,23H,1-4,7-10,12H2. The summed E-state index contributed by atoms with van der Waals surface area (Å²) in [6.07, 6.45) is -0.288. The summed E-state index contributed by atoms with van der Waals surface area (Å²) in [7, 11) is -3.74. The highest BCUT2D eigenvalue weighted by Crippen LogP contribution is 2.34.